The maximum Gasteiger partial charge on any atom is 0.237 e. The quantitative estimate of drug-likeness (QED) is 0.708. The molecule has 0 aromatic heterocycles. The number of carbonyl (C=O) groups is 1. The first kappa shape index (κ1) is 17.4. The molecule has 1 fully saturated rings. The SMILES string of the molecule is CC(C)N(CCC(N)=S)C(C)C(=O)NC1CCCCC1. The number of amides is 1. The molecule has 0 bridgehead atoms. The molecule has 1 saturated carbocycles. The number of thiocarbonyl (C=S) groups is 1. The highest BCUT2D eigenvalue weighted by molar-refractivity contribution is 7.80. The molecule has 0 aromatic carbocycles. The molecule has 1 aliphatic rings. The van der Waals surface area contributed by atoms with Crippen molar-refractivity contribution in [2.24, 2.45) is 5.73 Å². The maximum atomic E-state index is 12.4. The molecule has 0 radical (unpaired) electrons. The lowest BCUT2D eigenvalue weighted by molar-refractivity contribution is -0.127. The van der Waals surface area contributed by atoms with Crippen molar-refractivity contribution in [1.29, 1.82) is 0 Å². The lowest BCUT2D eigenvalue weighted by Crippen LogP contribution is -2.51. The van der Waals surface area contributed by atoms with E-state index in [2.05, 4.69) is 24.1 Å². The van der Waals surface area contributed by atoms with Crippen LogP contribution in [0.4, 0.5) is 0 Å². The molecule has 1 atom stereocenters. The Morgan fingerprint density at radius 2 is 1.90 bits per heavy atom. The van der Waals surface area contributed by atoms with Crippen LogP contribution in [0.1, 0.15) is 59.3 Å². The largest absolute Gasteiger partial charge is 0.393 e. The summed E-state index contributed by atoms with van der Waals surface area (Å²) in [6, 6.07) is 0.533. The topological polar surface area (TPSA) is 58.4 Å². The second kappa shape index (κ2) is 8.57. The number of carbonyl (C=O) groups excluding carboxylic acids is 1. The predicted octanol–water partition coefficient (Wildman–Crippen LogP) is 2.21. The third-order valence-electron chi connectivity index (χ3n) is 4.11. The van der Waals surface area contributed by atoms with Gasteiger partial charge in [0.2, 0.25) is 5.91 Å². The fourth-order valence-corrected chi connectivity index (χ4v) is 2.95. The van der Waals surface area contributed by atoms with Crippen LogP contribution in [-0.2, 0) is 4.79 Å². The zero-order valence-corrected chi connectivity index (χ0v) is 13.8. The summed E-state index contributed by atoms with van der Waals surface area (Å²) in [4.78, 5) is 15.1. The average Bonchev–Trinajstić information content (AvgIpc) is 2.39. The van der Waals surface area contributed by atoms with Gasteiger partial charge in [-0.15, -0.1) is 0 Å². The van der Waals surface area contributed by atoms with Crippen molar-refractivity contribution in [1.82, 2.24) is 10.2 Å². The van der Waals surface area contributed by atoms with Gasteiger partial charge in [-0.05, 0) is 33.6 Å². The van der Waals surface area contributed by atoms with Crippen LogP contribution in [-0.4, -0.2) is 40.5 Å². The van der Waals surface area contributed by atoms with Crippen LogP contribution in [0, 0.1) is 0 Å². The van der Waals surface area contributed by atoms with Gasteiger partial charge in [0.05, 0.1) is 11.0 Å². The van der Waals surface area contributed by atoms with E-state index in [-0.39, 0.29) is 11.9 Å². The number of hydrogen-bond acceptors (Lipinski definition) is 3. The van der Waals surface area contributed by atoms with Gasteiger partial charge in [0, 0.05) is 25.0 Å². The molecular weight excluding hydrogens is 270 g/mol. The summed E-state index contributed by atoms with van der Waals surface area (Å²) < 4.78 is 0. The number of nitrogens with one attached hydrogen (secondary N) is 1. The van der Waals surface area contributed by atoms with Gasteiger partial charge >= 0.3 is 0 Å². The van der Waals surface area contributed by atoms with Crippen LogP contribution < -0.4 is 11.1 Å². The van der Waals surface area contributed by atoms with E-state index in [1.807, 2.05) is 6.92 Å². The molecule has 4 nitrogen and oxygen atoms in total. The summed E-state index contributed by atoms with van der Waals surface area (Å²) in [5.74, 6) is 0.133. The van der Waals surface area contributed by atoms with Gasteiger partial charge in [-0.25, -0.2) is 0 Å². The fourth-order valence-electron chi connectivity index (χ4n) is 2.86. The number of nitrogens with two attached hydrogens (primary N) is 1. The van der Waals surface area contributed by atoms with Crippen LogP contribution >= 0.6 is 12.2 Å². The minimum atomic E-state index is -0.133. The van der Waals surface area contributed by atoms with Crippen molar-refractivity contribution in [3.63, 3.8) is 0 Å². The van der Waals surface area contributed by atoms with Crippen LogP contribution in [0.3, 0.4) is 0 Å². The third kappa shape index (κ3) is 5.75. The van der Waals surface area contributed by atoms with Crippen LogP contribution in [0.25, 0.3) is 0 Å². The van der Waals surface area contributed by atoms with Crippen LogP contribution in [0.2, 0.25) is 0 Å². The summed E-state index contributed by atoms with van der Waals surface area (Å²) >= 11 is 4.93. The van der Waals surface area contributed by atoms with E-state index in [1.165, 1.54) is 19.3 Å². The molecule has 1 unspecified atom stereocenters. The second-order valence-electron chi connectivity index (χ2n) is 6.07. The molecule has 1 rings (SSSR count). The molecule has 116 valence electrons. The Morgan fingerprint density at radius 3 is 2.40 bits per heavy atom. The molecule has 0 aromatic rings. The molecule has 0 aliphatic heterocycles. The zero-order valence-electron chi connectivity index (χ0n) is 13.0. The van der Waals surface area contributed by atoms with E-state index in [0.717, 1.165) is 19.4 Å². The molecule has 0 saturated heterocycles. The fraction of sp³-hybridized carbons (Fsp3) is 0.867. The standard InChI is InChI=1S/C15H29N3OS/c1-11(2)18(10-9-14(16)20)12(3)15(19)17-13-7-5-4-6-8-13/h11-13H,4-10H2,1-3H3,(H2,16,20)(H,17,19). The first-order chi connectivity index (χ1) is 9.41. The van der Waals surface area contributed by atoms with Gasteiger partial charge in [0.1, 0.15) is 0 Å². The highest BCUT2D eigenvalue weighted by atomic mass is 32.1. The summed E-state index contributed by atoms with van der Waals surface area (Å²) in [5.41, 5.74) is 5.57. The van der Waals surface area contributed by atoms with E-state index < -0.39 is 0 Å². The maximum absolute atomic E-state index is 12.4. The Balaban J connectivity index is 2.51. The van der Waals surface area contributed by atoms with Crippen molar-refractivity contribution < 1.29 is 4.79 Å². The van der Waals surface area contributed by atoms with Gasteiger partial charge in [-0.2, -0.15) is 0 Å². The van der Waals surface area contributed by atoms with Crippen LogP contribution in [0.15, 0.2) is 0 Å². The number of rotatable bonds is 7. The lowest BCUT2D eigenvalue weighted by atomic mass is 9.95. The first-order valence-corrected chi connectivity index (χ1v) is 8.17. The second-order valence-corrected chi connectivity index (χ2v) is 6.59. The van der Waals surface area contributed by atoms with Crippen molar-refractivity contribution >= 4 is 23.1 Å². The Hall–Kier alpha value is -0.680. The third-order valence-corrected chi connectivity index (χ3v) is 4.31. The number of hydrogen-bond donors (Lipinski definition) is 2. The van der Waals surface area contributed by atoms with Gasteiger partial charge in [0.15, 0.2) is 0 Å². The first-order valence-electron chi connectivity index (χ1n) is 7.76. The molecule has 1 amide bonds. The van der Waals surface area contributed by atoms with Gasteiger partial charge in [-0.1, -0.05) is 31.5 Å². The van der Waals surface area contributed by atoms with E-state index in [4.69, 9.17) is 18.0 Å². The van der Waals surface area contributed by atoms with Gasteiger partial charge in [-0.3, -0.25) is 9.69 Å². The van der Waals surface area contributed by atoms with E-state index in [0.29, 0.717) is 23.5 Å². The van der Waals surface area contributed by atoms with Crippen molar-refractivity contribution in [3.8, 4) is 0 Å². The zero-order chi connectivity index (χ0) is 15.1. The Bertz CT molecular complexity index is 327. The summed E-state index contributed by atoms with van der Waals surface area (Å²) in [6.45, 7) is 6.91. The monoisotopic (exact) mass is 299 g/mol. The molecule has 1 aliphatic carbocycles. The van der Waals surface area contributed by atoms with Crippen LogP contribution in [0.5, 0.6) is 0 Å². The average molecular weight is 299 g/mol. The number of nitrogens with zero attached hydrogens (tertiary/aromatic N) is 1. The van der Waals surface area contributed by atoms with E-state index in [1.54, 1.807) is 0 Å². The molecule has 20 heavy (non-hydrogen) atoms. The highest BCUT2D eigenvalue weighted by Crippen LogP contribution is 2.18. The van der Waals surface area contributed by atoms with Crippen molar-refractivity contribution in [2.45, 2.75) is 77.4 Å². The molecule has 3 N–H and O–H groups in total. The van der Waals surface area contributed by atoms with Gasteiger partial charge < -0.3 is 11.1 Å². The Morgan fingerprint density at radius 1 is 1.30 bits per heavy atom. The predicted molar refractivity (Wildman–Crippen MR) is 87.7 cm³/mol. The van der Waals surface area contributed by atoms with Crippen molar-refractivity contribution in [2.75, 3.05) is 6.54 Å². The smallest absolute Gasteiger partial charge is 0.237 e. The minimum absolute atomic E-state index is 0.133. The van der Waals surface area contributed by atoms with E-state index >= 15 is 0 Å². The van der Waals surface area contributed by atoms with Crippen molar-refractivity contribution in [3.05, 3.63) is 0 Å². The molecule has 0 spiro atoms. The normalized spacial score (nSPS) is 18.2. The highest BCUT2D eigenvalue weighted by Gasteiger charge is 2.25. The molecular formula is C15H29N3OS. The molecule has 5 heteroatoms. The van der Waals surface area contributed by atoms with Gasteiger partial charge in [0.25, 0.3) is 0 Å². The lowest BCUT2D eigenvalue weighted by Gasteiger charge is -2.33. The van der Waals surface area contributed by atoms with E-state index in [9.17, 15) is 4.79 Å². The summed E-state index contributed by atoms with van der Waals surface area (Å²) in [6.07, 6.45) is 6.66. The summed E-state index contributed by atoms with van der Waals surface area (Å²) in [7, 11) is 0. The Labute approximate surface area is 128 Å². The minimum Gasteiger partial charge on any atom is -0.393 e. The molecule has 0 heterocycles. The Kier molecular flexibility index (Phi) is 7.45. The summed E-state index contributed by atoms with van der Waals surface area (Å²) in [5, 5.41) is 3.20.